The van der Waals surface area contributed by atoms with Crippen molar-refractivity contribution >= 4 is 34.3 Å². The summed E-state index contributed by atoms with van der Waals surface area (Å²) in [6.07, 6.45) is 1.71. The predicted molar refractivity (Wildman–Crippen MR) is 70.4 cm³/mol. The molecule has 1 aromatic carbocycles. The van der Waals surface area contributed by atoms with Crippen LogP contribution in [0.2, 0.25) is 4.47 Å². The Hall–Kier alpha value is -1.33. The third-order valence-electron chi connectivity index (χ3n) is 2.23. The standard InChI is InChI=1S/C11H11ClFN3S/c1-14-9-3-2-7(13)4-10(9)15-5-8-6-16-11(12)17-8/h2-4,6,14-15H,5H2,1H3. The summed E-state index contributed by atoms with van der Waals surface area (Å²) in [7, 11) is 1.79. The van der Waals surface area contributed by atoms with Gasteiger partial charge in [-0.1, -0.05) is 11.6 Å². The second-order valence-corrected chi connectivity index (χ2v) is 5.07. The second kappa shape index (κ2) is 5.33. The Balaban J connectivity index is 2.10. The van der Waals surface area contributed by atoms with Crippen LogP contribution in [-0.4, -0.2) is 12.0 Å². The number of anilines is 2. The van der Waals surface area contributed by atoms with Gasteiger partial charge in [0.2, 0.25) is 0 Å². The van der Waals surface area contributed by atoms with Crippen molar-refractivity contribution < 1.29 is 4.39 Å². The van der Waals surface area contributed by atoms with Crippen LogP contribution in [0.3, 0.4) is 0 Å². The summed E-state index contributed by atoms with van der Waals surface area (Å²) < 4.78 is 13.6. The lowest BCUT2D eigenvalue weighted by molar-refractivity contribution is 0.628. The van der Waals surface area contributed by atoms with E-state index in [1.807, 2.05) is 0 Å². The van der Waals surface area contributed by atoms with Crippen molar-refractivity contribution in [1.29, 1.82) is 0 Å². The Kier molecular flexibility index (Phi) is 3.81. The van der Waals surface area contributed by atoms with Crippen molar-refractivity contribution in [1.82, 2.24) is 4.98 Å². The number of rotatable bonds is 4. The summed E-state index contributed by atoms with van der Waals surface area (Å²) >= 11 is 7.14. The fraction of sp³-hybridized carbons (Fsp3) is 0.182. The fourth-order valence-corrected chi connectivity index (χ4v) is 2.35. The Morgan fingerprint density at radius 3 is 2.88 bits per heavy atom. The molecule has 0 spiro atoms. The van der Waals surface area contributed by atoms with Crippen molar-refractivity contribution in [3.8, 4) is 0 Å². The van der Waals surface area contributed by atoms with Gasteiger partial charge in [-0.15, -0.1) is 11.3 Å². The topological polar surface area (TPSA) is 37.0 Å². The number of thiazole rings is 1. The molecule has 0 aliphatic rings. The molecular formula is C11H11ClFN3S. The number of hydrogen-bond acceptors (Lipinski definition) is 4. The zero-order chi connectivity index (χ0) is 12.3. The highest BCUT2D eigenvalue weighted by Gasteiger charge is 2.04. The van der Waals surface area contributed by atoms with Gasteiger partial charge in [0.1, 0.15) is 5.82 Å². The van der Waals surface area contributed by atoms with Crippen LogP contribution in [0.4, 0.5) is 15.8 Å². The van der Waals surface area contributed by atoms with Gasteiger partial charge in [0, 0.05) is 18.1 Å². The normalized spacial score (nSPS) is 10.3. The highest BCUT2D eigenvalue weighted by atomic mass is 35.5. The van der Waals surface area contributed by atoms with E-state index in [0.717, 1.165) is 16.3 Å². The van der Waals surface area contributed by atoms with Crippen molar-refractivity contribution in [3.63, 3.8) is 0 Å². The molecular weight excluding hydrogens is 261 g/mol. The molecule has 6 heteroatoms. The SMILES string of the molecule is CNc1ccc(F)cc1NCc1cnc(Cl)s1. The van der Waals surface area contributed by atoms with Crippen LogP contribution >= 0.6 is 22.9 Å². The lowest BCUT2D eigenvalue weighted by atomic mass is 10.2. The molecule has 1 heterocycles. The number of halogens is 2. The van der Waals surface area contributed by atoms with E-state index in [9.17, 15) is 4.39 Å². The summed E-state index contributed by atoms with van der Waals surface area (Å²) in [5.41, 5.74) is 1.57. The first-order valence-electron chi connectivity index (χ1n) is 5.00. The minimum Gasteiger partial charge on any atom is -0.386 e. The van der Waals surface area contributed by atoms with E-state index in [1.54, 1.807) is 19.3 Å². The Morgan fingerprint density at radius 1 is 1.41 bits per heavy atom. The van der Waals surface area contributed by atoms with E-state index in [2.05, 4.69) is 15.6 Å². The molecule has 0 atom stereocenters. The lowest BCUT2D eigenvalue weighted by Gasteiger charge is -2.10. The molecule has 0 aliphatic heterocycles. The minimum absolute atomic E-state index is 0.270. The average molecular weight is 272 g/mol. The summed E-state index contributed by atoms with van der Waals surface area (Å²) in [4.78, 5) is 4.94. The van der Waals surface area contributed by atoms with Crippen LogP contribution in [-0.2, 0) is 6.54 Å². The molecule has 0 amide bonds. The van der Waals surface area contributed by atoms with E-state index in [1.165, 1.54) is 23.5 Å². The molecule has 90 valence electrons. The summed E-state index contributed by atoms with van der Waals surface area (Å²) in [5.74, 6) is -0.270. The van der Waals surface area contributed by atoms with Gasteiger partial charge in [0.15, 0.2) is 4.47 Å². The van der Waals surface area contributed by atoms with Crippen LogP contribution in [0.5, 0.6) is 0 Å². The first-order chi connectivity index (χ1) is 8.19. The van der Waals surface area contributed by atoms with Gasteiger partial charge in [0.25, 0.3) is 0 Å². The Bertz CT molecular complexity index is 515. The van der Waals surface area contributed by atoms with E-state index in [0.29, 0.717) is 11.0 Å². The average Bonchev–Trinajstić information content (AvgIpc) is 2.73. The maximum Gasteiger partial charge on any atom is 0.183 e. The molecule has 0 bridgehead atoms. The molecule has 0 radical (unpaired) electrons. The lowest BCUT2D eigenvalue weighted by Crippen LogP contribution is -2.02. The number of nitrogens with one attached hydrogen (secondary N) is 2. The van der Waals surface area contributed by atoms with Crippen molar-refractivity contribution in [2.24, 2.45) is 0 Å². The van der Waals surface area contributed by atoms with Gasteiger partial charge in [0.05, 0.1) is 17.9 Å². The van der Waals surface area contributed by atoms with Crippen molar-refractivity contribution in [3.05, 3.63) is 39.6 Å². The largest absolute Gasteiger partial charge is 0.386 e. The van der Waals surface area contributed by atoms with Crippen LogP contribution < -0.4 is 10.6 Å². The summed E-state index contributed by atoms with van der Waals surface area (Å²) in [5, 5.41) is 6.14. The molecule has 17 heavy (non-hydrogen) atoms. The second-order valence-electron chi connectivity index (χ2n) is 3.37. The van der Waals surface area contributed by atoms with Gasteiger partial charge < -0.3 is 10.6 Å². The molecule has 2 rings (SSSR count). The molecule has 1 aromatic heterocycles. The molecule has 0 saturated heterocycles. The summed E-state index contributed by atoms with van der Waals surface area (Å²) in [6.45, 7) is 0.572. The highest BCUT2D eigenvalue weighted by Crippen LogP contribution is 2.24. The Morgan fingerprint density at radius 2 is 2.24 bits per heavy atom. The molecule has 3 nitrogen and oxygen atoms in total. The smallest absolute Gasteiger partial charge is 0.183 e. The highest BCUT2D eigenvalue weighted by molar-refractivity contribution is 7.15. The monoisotopic (exact) mass is 271 g/mol. The minimum atomic E-state index is -0.270. The molecule has 0 aliphatic carbocycles. The van der Waals surface area contributed by atoms with E-state index >= 15 is 0 Å². The van der Waals surface area contributed by atoms with Gasteiger partial charge in [-0.25, -0.2) is 9.37 Å². The zero-order valence-electron chi connectivity index (χ0n) is 9.13. The molecule has 0 fully saturated rings. The summed E-state index contributed by atoms with van der Waals surface area (Å²) in [6, 6.07) is 4.56. The predicted octanol–water partition coefficient (Wildman–Crippen LogP) is 3.59. The van der Waals surface area contributed by atoms with Crippen molar-refractivity contribution in [2.45, 2.75) is 6.54 Å². The maximum absolute atomic E-state index is 13.1. The molecule has 2 aromatic rings. The Labute approximate surface area is 108 Å². The van der Waals surface area contributed by atoms with Gasteiger partial charge >= 0.3 is 0 Å². The number of aromatic nitrogens is 1. The van der Waals surface area contributed by atoms with Crippen LogP contribution in [0.25, 0.3) is 0 Å². The van der Waals surface area contributed by atoms with E-state index in [-0.39, 0.29) is 5.82 Å². The van der Waals surface area contributed by atoms with E-state index < -0.39 is 0 Å². The number of hydrogen-bond donors (Lipinski definition) is 2. The number of benzene rings is 1. The fourth-order valence-electron chi connectivity index (χ4n) is 1.43. The third-order valence-corrected chi connectivity index (χ3v) is 3.34. The third kappa shape index (κ3) is 3.08. The molecule has 0 unspecified atom stereocenters. The van der Waals surface area contributed by atoms with Crippen molar-refractivity contribution in [2.75, 3.05) is 17.7 Å². The van der Waals surface area contributed by atoms with Gasteiger partial charge in [-0.3, -0.25) is 0 Å². The molecule has 0 saturated carbocycles. The molecule has 2 N–H and O–H groups in total. The van der Waals surface area contributed by atoms with Gasteiger partial charge in [-0.05, 0) is 18.2 Å². The van der Waals surface area contributed by atoms with Crippen LogP contribution in [0.1, 0.15) is 4.88 Å². The quantitative estimate of drug-likeness (QED) is 0.892. The van der Waals surface area contributed by atoms with Crippen LogP contribution in [0, 0.1) is 5.82 Å². The maximum atomic E-state index is 13.1. The van der Waals surface area contributed by atoms with E-state index in [4.69, 9.17) is 11.6 Å². The van der Waals surface area contributed by atoms with Crippen LogP contribution in [0.15, 0.2) is 24.4 Å². The number of nitrogens with zero attached hydrogens (tertiary/aromatic N) is 1. The first-order valence-corrected chi connectivity index (χ1v) is 6.20. The van der Waals surface area contributed by atoms with Gasteiger partial charge in [-0.2, -0.15) is 0 Å². The zero-order valence-corrected chi connectivity index (χ0v) is 10.7. The first kappa shape index (κ1) is 12.1.